The molecule has 43 heavy (non-hydrogen) atoms. The Labute approximate surface area is 251 Å². The zero-order valence-corrected chi connectivity index (χ0v) is 24.7. The van der Waals surface area contributed by atoms with Crippen molar-refractivity contribution >= 4 is 80.8 Å². The van der Waals surface area contributed by atoms with Crippen molar-refractivity contribution in [3.05, 3.63) is 28.7 Å². The lowest BCUT2D eigenvalue weighted by atomic mass is 9.89. The van der Waals surface area contributed by atoms with Crippen molar-refractivity contribution in [1.29, 1.82) is 0 Å². The largest absolute Gasteiger partial charge is 0.478 e. The molecule has 0 spiro atoms. The Kier molecular flexibility index (Phi) is 8.58. The van der Waals surface area contributed by atoms with Crippen LogP contribution in [0.4, 0.5) is 22.5 Å². The molecule has 2 aliphatic heterocycles. The number of carboxylic acid groups (broad SMARTS) is 2. The monoisotopic (exact) mass is 634 g/mol. The van der Waals surface area contributed by atoms with Gasteiger partial charge in [-0.05, 0) is 13.8 Å². The molecular formula is C24H28N9O8S2+. The number of nitrogen functional groups attached to an aromatic ring is 3. The smallest absolute Gasteiger partial charge is 0.352 e. The average molecular weight is 635 g/mol. The van der Waals surface area contributed by atoms with Crippen LogP contribution in [-0.2, 0) is 35.4 Å². The molecule has 9 N–H and O–H groups in total. The molecule has 2 atom stereocenters. The Morgan fingerprint density at radius 3 is 2.53 bits per heavy atom. The van der Waals surface area contributed by atoms with Gasteiger partial charge in [0.15, 0.2) is 22.3 Å². The average Bonchev–Trinajstić information content (AvgIpc) is 3.36. The summed E-state index contributed by atoms with van der Waals surface area (Å²) in [4.78, 5) is 76.2. The predicted octanol–water partition coefficient (Wildman–Crippen LogP) is -0.356. The Bertz CT molecular complexity index is 1600. The van der Waals surface area contributed by atoms with Crippen LogP contribution in [0.15, 0.2) is 28.1 Å². The summed E-state index contributed by atoms with van der Waals surface area (Å²) in [7, 11) is 0. The number of hydrogen-bond acceptors (Lipinski definition) is 14. The molecule has 0 saturated carbocycles. The van der Waals surface area contributed by atoms with Crippen LogP contribution >= 0.6 is 23.1 Å². The van der Waals surface area contributed by atoms with Gasteiger partial charge in [-0.15, -0.1) is 23.1 Å². The van der Waals surface area contributed by atoms with E-state index in [-0.39, 0.29) is 58.3 Å². The molecule has 4 rings (SSSR count). The van der Waals surface area contributed by atoms with Gasteiger partial charge in [-0.25, -0.2) is 19.1 Å². The quantitative estimate of drug-likeness (QED) is 0.0798. The van der Waals surface area contributed by atoms with E-state index < -0.39 is 46.4 Å². The van der Waals surface area contributed by atoms with Gasteiger partial charge < -0.3 is 37.6 Å². The fraction of sp³-hybridized carbons (Fsp3) is 0.375. The highest BCUT2D eigenvalue weighted by Gasteiger charge is 2.54. The maximum Gasteiger partial charge on any atom is 0.352 e. The van der Waals surface area contributed by atoms with Gasteiger partial charge in [0.25, 0.3) is 0 Å². The summed E-state index contributed by atoms with van der Waals surface area (Å²) in [6.07, 6.45) is 0.921. The van der Waals surface area contributed by atoms with Crippen molar-refractivity contribution < 1.29 is 43.6 Å². The second-order valence-electron chi connectivity index (χ2n) is 10.0. The molecule has 2 aromatic rings. The number of ketones is 1. The van der Waals surface area contributed by atoms with E-state index in [1.54, 1.807) is 0 Å². The van der Waals surface area contributed by atoms with Crippen LogP contribution in [0.3, 0.4) is 0 Å². The second kappa shape index (κ2) is 11.8. The van der Waals surface area contributed by atoms with Gasteiger partial charge in [0.1, 0.15) is 11.4 Å². The van der Waals surface area contributed by atoms with E-state index in [1.165, 1.54) is 48.8 Å². The summed E-state index contributed by atoms with van der Waals surface area (Å²) < 4.78 is 1.40. The minimum atomic E-state index is -1.77. The minimum Gasteiger partial charge on any atom is -0.478 e. The number of carbonyl (C=O) groups is 5. The zero-order valence-electron chi connectivity index (χ0n) is 23.1. The van der Waals surface area contributed by atoms with E-state index in [0.717, 1.165) is 16.2 Å². The lowest BCUT2D eigenvalue weighted by Crippen LogP contribution is -2.62. The third kappa shape index (κ3) is 6.21. The number of Topliss-reactive ketones (excluding diaryl/α,β-unsaturated/α-hetero) is 1. The summed E-state index contributed by atoms with van der Waals surface area (Å²) in [5.74, 6) is -5.10. The number of nitrogens with two attached hydrogens (primary N) is 3. The number of oxime groups is 1. The van der Waals surface area contributed by atoms with Gasteiger partial charge in [-0.2, -0.15) is 0 Å². The molecule has 2 aromatic heterocycles. The van der Waals surface area contributed by atoms with Gasteiger partial charge in [0.2, 0.25) is 35.4 Å². The molecule has 2 amide bonds. The topological polar surface area (TPSA) is 270 Å². The number of aliphatic carboxylic acids is 2. The van der Waals surface area contributed by atoms with Crippen molar-refractivity contribution in [3.8, 4) is 0 Å². The summed E-state index contributed by atoms with van der Waals surface area (Å²) in [5, 5.41) is 26.5. The van der Waals surface area contributed by atoms with Crippen molar-refractivity contribution in [3.63, 3.8) is 0 Å². The van der Waals surface area contributed by atoms with Crippen LogP contribution in [-0.4, -0.2) is 77.1 Å². The van der Waals surface area contributed by atoms with Crippen LogP contribution in [0.2, 0.25) is 0 Å². The molecular weight excluding hydrogens is 606 g/mol. The van der Waals surface area contributed by atoms with Gasteiger partial charge in [-0.3, -0.25) is 19.3 Å². The molecule has 0 aliphatic carbocycles. The highest BCUT2D eigenvalue weighted by atomic mass is 32.2. The number of carbonyl (C=O) groups excluding carboxylic acids is 3. The number of carboxylic acids is 2. The molecule has 1 fully saturated rings. The number of nitrogens with one attached hydrogen (secondary N) is 1. The number of thiazole rings is 1. The number of aromatic nitrogens is 3. The Morgan fingerprint density at radius 2 is 1.95 bits per heavy atom. The zero-order chi connectivity index (χ0) is 31.8. The molecule has 0 aromatic carbocycles. The van der Waals surface area contributed by atoms with Crippen LogP contribution in [0.1, 0.15) is 32.9 Å². The lowest BCUT2D eigenvalue weighted by Gasteiger charge is -2.49. The molecule has 1 unspecified atom stereocenters. The fourth-order valence-electron chi connectivity index (χ4n) is 4.24. The number of β-lactam (4-membered cyclic amide) rings is 1. The molecule has 0 bridgehead atoms. The maximum atomic E-state index is 13.4. The van der Waals surface area contributed by atoms with Crippen molar-refractivity contribution in [2.45, 2.75) is 44.7 Å². The Hall–Kier alpha value is -4.78. The van der Waals surface area contributed by atoms with Crippen LogP contribution in [0.25, 0.3) is 0 Å². The van der Waals surface area contributed by atoms with Crippen molar-refractivity contribution in [2.24, 2.45) is 11.1 Å². The Morgan fingerprint density at radius 1 is 1.26 bits per heavy atom. The SMILES string of the molecule is CC(=O)Nc1c(N)nc[n+](CC2=C(C(=O)O)N3C(=O)[C@@H](CC(=O)/C(=N\OC(C)(C)C(=O)O)c4csc(N)n4)C3SC2)c1N. The van der Waals surface area contributed by atoms with Gasteiger partial charge in [0, 0.05) is 30.1 Å². The van der Waals surface area contributed by atoms with E-state index in [4.69, 9.17) is 22.0 Å². The molecule has 228 valence electrons. The second-order valence-corrected chi connectivity index (χ2v) is 12.0. The first-order valence-electron chi connectivity index (χ1n) is 12.5. The first-order valence-corrected chi connectivity index (χ1v) is 14.4. The van der Waals surface area contributed by atoms with Crippen molar-refractivity contribution in [1.82, 2.24) is 14.9 Å². The summed E-state index contributed by atoms with van der Waals surface area (Å²) in [6, 6.07) is 0. The molecule has 19 heteroatoms. The standard InChI is InChI=1S/C24H27N9O8S2/c1-9(34)29-15-17(25)28-8-32(18(15)26)5-10-6-42-20-11(19(36)33(20)16(10)21(37)38)4-13(35)14(12-7-43-23(27)30-12)31-41-24(2,3)22(39)40/h7-8,11,20H,4-6H2,1-3H3,(H8,25,26,27,29,30,31,34,35,37,38,39,40)/p+1/t11-,20?/m1/s1. The Balaban J connectivity index is 1.58. The molecule has 0 radical (unpaired) electrons. The fourth-order valence-corrected chi connectivity index (χ4v) is 6.19. The molecule has 1 saturated heterocycles. The molecule has 17 nitrogen and oxygen atoms in total. The summed E-state index contributed by atoms with van der Waals surface area (Å²) in [5.41, 5.74) is 15.8. The van der Waals surface area contributed by atoms with Crippen LogP contribution in [0, 0.1) is 5.92 Å². The third-order valence-electron chi connectivity index (χ3n) is 6.49. The summed E-state index contributed by atoms with van der Waals surface area (Å²) in [6.45, 7) is 3.68. The number of fused-ring (bicyclic) bond motifs is 1. The first kappa shape index (κ1) is 31.2. The number of amides is 2. The lowest BCUT2D eigenvalue weighted by molar-refractivity contribution is -0.676. The predicted molar refractivity (Wildman–Crippen MR) is 154 cm³/mol. The number of hydrogen-bond donors (Lipinski definition) is 6. The number of nitrogens with zero attached hydrogens (tertiary/aromatic N) is 5. The minimum absolute atomic E-state index is 0.0277. The first-order chi connectivity index (χ1) is 20.1. The number of rotatable bonds is 11. The van der Waals surface area contributed by atoms with Gasteiger partial charge in [-0.1, -0.05) is 10.1 Å². The van der Waals surface area contributed by atoms with Crippen LogP contribution < -0.4 is 27.1 Å². The summed E-state index contributed by atoms with van der Waals surface area (Å²) >= 11 is 2.28. The molecule has 2 aliphatic rings. The van der Waals surface area contributed by atoms with E-state index in [9.17, 15) is 34.2 Å². The van der Waals surface area contributed by atoms with Gasteiger partial charge >= 0.3 is 11.9 Å². The normalized spacial score (nSPS) is 18.5. The highest BCUT2D eigenvalue weighted by molar-refractivity contribution is 8.00. The van der Waals surface area contributed by atoms with E-state index >= 15 is 0 Å². The number of thioether (sulfide) groups is 1. The number of anilines is 4. The van der Waals surface area contributed by atoms with Crippen molar-refractivity contribution in [2.75, 3.05) is 28.3 Å². The highest BCUT2D eigenvalue weighted by Crippen LogP contribution is 2.45. The van der Waals surface area contributed by atoms with E-state index in [1.807, 2.05) is 0 Å². The van der Waals surface area contributed by atoms with Gasteiger partial charge in [0.05, 0.1) is 17.8 Å². The molecule has 4 heterocycles. The van der Waals surface area contributed by atoms with E-state index in [2.05, 4.69) is 20.4 Å². The van der Waals surface area contributed by atoms with E-state index in [0.29, 0.717) is 5.57 Å². The maximum absolute atomic E-state index is 13.4. The van der Waals surface area contributed by atoms with Crippen LogP contribution in [0.5, 0.6) is 0 Å². The third-order valence-corrected chi connectivity index (χ3v) is 8.56.